The lowest BCUT2D eigenvalue weighted by Crippen LogP contribution is -2.17. The molecule has 8 nitrogen and oxygen atoms in total. The lowest BCUT2D eigenvalue weighted by atomic mass is 9.94. The molecular weight excluding hydrogens is 330 g/mol. The number of rotatable bonds is 3. The highest BCUT2D eigenvalue weighted by Crippen LogP contribution is 2.37. The van der Waals surface area contributed by atoms with Crippen molar-refractivity contribution < 1.29 is 4.79 Å². The molecule has 0 aliphatic carbocycles. The molecule has 0 bridgehead atoms. The van der Waals surface area contributed by atoms with E-state index < -0.39 is 5.91 Å². The standard InChI is InChI=1S/C18H15N7O/c1-9-2-3-12-11(7-23-25-12)15(9)10-6-14(13-4-5-21-8-22-13)24-17(16(10)19)18(20)26/h2-8H,19H2,1H3,(H2,20,26)(H,23,25). The Morgan fingerprint density at radius 3 is 2.77 bits per heavy atom. The Hall–Kier alpha value is -3.81. The van der Waals surface area contributed by atoms with Crippen LogP contribution in [0, 0.1) is 6.92 Å². The number of benzene rings is 1. The van der Waals surface area contributed by atoms with Crippen LogP contribution < -0.4 is 11.5 Å². The van der Waals surface area contributed by atoms with Gasteiger partial charge in [0.25, 0.3) is 5.91 Å². The number of aryl methyl sites for hydroxylation is 1. The number of hydrogen-bond donors (Lipinski definition) is 3. The molecule has 1 amide bonds. The van der Waals surface area contributed by atoms with Crippen molar-refractivity contribution in [1.29, 1.82) is 0 Å². The highest BCUT2D eigenvalue weighted by Gasteiger charge is 2.20. The molecule has 4 aromatic rings. The molecule has 128 valence electrons. The molecule has 3 heterocycles. The quantitative estimate of drug-likeness (QED) is 0.520. The maximum absolute atomic E-state index is 11.9. The lowest BCUT2D eigenvalue weighted by Gasteiger charge is -2.14. The normalized spacial score (nSPS) is 11.0. The summed E-state index contributed by atoms with van der Waals surface area (Å²) in [6.07, 6.45) is 4.75. The molecule has 0 saturated heterocycles. The molecule has 26 heavy (non-hydrogen) atoms. The van der Waals surface area contributed by atoms with Gasteiger partial charge >= 0.3 is 0 Å². The number of aromatic amines is 1. The summed E-state index contributed by atoms with van der Waals surface area (Å²) in [6.45, 7) is 1.97. The number of carbonyl (C=O) groups is 1. The number of nitrogens with zero attached hydrogens (tertiary/aromatic N) is 4. The van der Waals surface area contributed by atoms with E-state index in [2.05, 4.69) is 25.1 Å². The van der Waals surface area contributed by atoms with E-state index in [4.69, 9.17) is 11.5 Å². The maximum Gasteiger partial charge on any atom is 0.269 e. The molecule has 0 spiro atoms. The number of nitrogens with two attached hydrogens (primary N) is 2. The molecule has 0 aliphatic rings. The number of H-pyrrole nitrogens is 1. The van der Waals surface area contributed by atoms with E-state index in [-0.39, 0.29) is 11.4 Å². The van der Waals surface area contributed by atoms with Crippen LogP contribution >= 0.6 is 0 Å². The fourth-order valence-electron chi connectivity index (χ4n) is 3.01. The third-order valence-electron chi connectivity index (χ3n) is 4.24. The predicted octanol–water partition coefficient (Wildman–Crippen LogP) is 2.07. The van der Waals surface area contributed by atoms with Crippen molar-refractivity contribution in [2.45, 2.75) is 6.92 Å². The zero-order chi connectivity index (χ0) is 18.3. The SMILES string of the molecule is Cc1ccc2[nH]ncc2c1-c1cc(-c2ccncn2)nc(C(N)=O)c1N. The summed E-state index contributed by atoms with van der Waals surface area (Å²) in [5.74, 6) is -0.698. The van der Waals surface area contributed by atoms with E-state index in [1.165, 1.54) is 6.33 Å². The van der Waals surface area contributed by atoms with Crippen LogP contribution in [0.2, 0.25) is 0 Å². The van der Waals surface area contributed by atoms with Crippen molar-refractivity contribution in [3.05, 3.63) is 54.2 Å². The Labute approximate surface area is 148 Å². The number of nitrogen functional groups attached to an aromatic ring is 1. The monoisotopic (exact) mass is 345 g/mol. The highest BCUT2D eigenvalue weighted by atomic mass is 16.1. The van der Waals surface area contributed by atoms with E-state index in [1.807, 2.05) is 19.1 Å². The third kappa shape index (κ3) is 2.44. The van der Waals surface area contributed by atoms with Crippen LogP contribution in [-0.4, -0.2) is 31.1 Å². The molecule has 0 radical (unpaired) electrons. The number of amides is 1. The van der Waals surface area contributed by atoms with Crippen LogP contribution in [-0.2, 0) is 0 Å². The number of primary amides is 1. The molecule has 3 aromatic heterocycles. The maximum atomic E-state index is 11.9. The van der Waals surface area contributed by atoms with Gasteiger partial charge in [0, 0.05) is 17.1 Å². The minimum absolute atomic E-state index is 0.0102. The first-order valence-corrected chi connectivity index (χ1v) is 7.86. The van der Waals surface area contributed by atoms with E-state index in [0.717, 1.165) is 22.0 Å². The van der Waals surface area contributed by atoms with Crippen molar-refractivity contribution in [3.63, 3.8) is 0 Å². The van der Waals surface area contributed by atoms with Crippen molar-refractivity contribution in [3.8, 4) is 22.5 Å². The zero-order valence-electron chi connectivity index (χ0n) is 13.9. The summed E-state index contributed by atoms with van der Waals surface area (Å²) in [4.78, 5) is 24.3. The van der Waals surface area contributed by atoms with Gasteiger partial charge in [0.05, 0.1) is 28.8 Å². The Morgan fingerprint density at radius 2 is 2.04 bits per heavy atom. The number of nitrogens with one attached hydrogen (secondary N) is 1. The first-order chi connectivity index (χ1) is 12.6. The molecule has 1 aromatic carbocycles. The molecule has 0 atom stereocenters. The second kappa shape index (κ2) is 5.92. The topological polar surface area (TPSA) is 136 Å². The second-order valence-corrected chi connectivity index (χ2v) is 5.86. The molecule has 5 N–H and O–H groups in total. The van der Waals surface area contributed by atoms with Crippen LogP contribution in [0.4, 0.5) is 5.69 Å². The summed E-state index contributed by atoms with van der Waals surface area (Å²) in [5.41, 5.74) is 16.5. The van der Waals surface area contributed by atoms with Crippen LogP contribution in [0.3, 0.4) is 0 Å². The first kappa shape index (κ1) is 15.7. The average Bonchev–Trinajstić information content (AvgIpc) is 3.11. The van der Waals surface area contributed by atoms with Gasteiger partial charge in [-0.15, -0.1) is 0 Å². The molecule has 4 rings (SSSR count). The number of fused-ring (bicyclic) bond motifs is 1. The van der Waals surface area contributed by atoms with Gasteiger partial charge in [0.1, 0.15) is 6.33 Å². The molecule has 8 heteroatoms. The average molecular weight is 345 g/mol. The fraction of sp³-hybridized carbons (Fsp3) is 0.0556. The third-order valence-corrected chi connectivity index (χ3v) is 4.24. The largest absolute Gasteiger partial charge is 0.396 e. The zero-order valence-corrected chi connectivity index (χ0v) is 13.9. The highest BCUT2D eigenvalue weighted by molar-refractivity contribution is 6.05. The summed E-state index contributed by atoms with van der Waals surface area (Å²) in [7, 11) is 0. The van der Waals surface area contributed by atoms with Gasteiger partial charge in [0.2, 0.25) is 0 Å². The Kier molecular flexibility index (Phi) is 3.58. The number of aromatic nitrogens is 5. The van der Waals surface area contributed by atoms with Gasteiger partial charge < -0.3 is 11.5 Å². The van der Waals surface area contributed by atoms with Crippen molar-refractivity contribution in [2.24, 2.45) is 5.73 Å². The van der Waals surface area contributed by atoms with E-state index in [9.17, 15) is 4.79 Å². The van der Waals surface area contributed by atoms with Crippen molar-refractivity contribution in [1.82, 2.24) is 25.1 Å². The first-order valence-electron chi connectivity index (χ1n) is 7.86. The molecule has 0 saturated carbocycles. The number of anilines is 1. The Morgan fingerprint density at radius 1 is 1.19 bits per heavy atom. The smallest absolute Gasteiger partial charge is 0.269 e. The van der Waals surface area contributed by atoms with Crippen molar-refractivity contribution >= 4 is 22.5 Å². The fourth-order valence-corrected chi connectivity index (χ4v) is 3.01. The summed E-state index contributed by atoms with van der Waals surface area (Å²) >= 11 is 0. The lowest BCUT2D eigenvalue weighted by molar-refractivity contribution is 0.0996. The minimum Gasteiger partial charge on any atom is -0.396 e. The number of carbonyl (C=O) groups excluding carboxylic acids is 1. The predicted molar refractivity (Wildman–Crippen MR) is 98.0 cm³/mol. The van der Waals surface area contributed by atoms with Gasteiger partial charge in [-0.05, 0) is 36.2 Å². The number of pyridine rings is 1. The van der Waals surface area contributed by atoms with E-state index >= 15 is 0 Å². The van der Waals surface area contributed by atoms with Crippen molar-refractivity contribution in [2.75, 3.05) is 5.73 Å². The van der Waals surface area contributed by atoms with E-state index in [1.54, 1.807) is 24.5 Å². The minimum atomic E-state index is -0.698. The molecular formula is C18H15N7O. The van der Waals surface area contributed by atoms with Gasteiger partial charge in [-0.1, -0.05) is 6.07 Å². The van der Waals surface area contributed by atoms with Gasteiger partial charge in [-0.3, -0.25) is 9.89 Å². The summed E-state index contributed by atoms with van der Waals surface area (Å²) < 4.78 is 0. The number of hydrogen-bond acceptors (Lipinski definition) is 6. The summed E-state index contributed by atoms with van der Waals surface area (Å²) in [5, 5.41) is 7.94. The van der Waals surface area contributed by atoms with Gasteiger partial charge in [0.15, 0.2) is 5.69 Å². The molecule has 0 unspecified atom stereocenters. The molecule has 0 aliphatic heterocycles. The van der Waals surface area contributed by atoms with Crippen LogP contribution in [0.15, 0.2) is 43.0 Å². The van der Waals surface area contributed by atoms with Gasteiger partial charge in [-0.25, -0.2) is 15.0 Å². The van der Waals surface area contributed by atoms with Gasteiger partial charge in [-0.2, -0.15) is 5.10 Å². The van der Waals surface area contributed by atoms with Crippen LogP contribution in [0.25, 0.3) is 33.4 Å². The summed E-state index contributed by atoms with van der Waals surface area (Å²) in [6, 6.07) is 7.42. The second-order valence-electron chi connectivity index (χ2n) is 5.86. The molecule has 0 fully saturated rings. The van der Waals surface area contributed by atoms with E-state index in [0.29, 0.717) is 17.0 Å². The Balaban J connectivity index is 2.07. The van der Waals surface area contributed by atoms with Crippen LogP contribution in [0.5, 0.6) is 0 Å². The van der Waals surface area contributed by atoms with Crippen LogP contribution in [0.1, 0.15) is 16.1 Å². The Bertz CT molecular complexity index is 1140.